The number of nitrogens with two attached hydrogens (primary N) is 1. The lowest BCUT2D eigenvalue weighted by Crippen LogP contribution is -2.13. The van der Waals surface area contributed by atoms with Gasteiger partial charge in [-0.1, -0.05) is 5.16 Å². The molecule has 0 saturated carbocycles. The number of rotatable bonds is 3. The lowest BCUT2D eigenvalue weighted by molar-refractivity contribution is 0.318. The molecule has 0 aliphatic heterocycles. The number of aryl methyl sites for hydroxylation is 2. The first-order valence-corrected chi connectivity index (χ1v) is 5.47. The van der Waals surface area contributed by atoms with Gasteiger partial charge in [0.25, 0.3) is 0 Å². The van der Waals surface area contributed by atoms with Crippen LogP contribution in [0, 0.1) is 12.7 Å². The van der Waals surface area contributed by atoms with Gasteiger partial charge in [0.15, 0.2) is 17.4 Å². The number of ether oxygens (including phenoxy) is 1. The van der Waals surface area contributed by atoms with Gasteiger partial charge in [0.1, 0.15) is 0 Å². The van der Waals surface area contributed by atoms with E-state index in [2.05, 4.69) is 10.3 Å². The molecule has 0 saturated heterocycles. The molecule has 0 radical (unpaired) electrons. The first-order chi connectivity index (χ1) is 9.01. The largest absolute Gasteiger partial charge is 0.436 e. The molecule has 2 rings (SSSR count). The van der Waals surface area contributed by atoms with Gasteiger partial charge in [-0.3, -0.25) is 0 Å². The SMILES string of the molecule is Cc1cc(Oc2ccc(/C(N)=N/O)cc2F)n(C)n1. The molecule has 7 heteroatoms. The number of aromatic nitrogens is 2. The molecule has 0 aliphatic carbocycles. The van der Waals surface area contributed by atoms with Gasteiger partial charge in [-0.2, -0.15) is 5.10 Å². The molecule has 0 unspecified atom stereocenters. The molecule has 0 spiro atoms. The summed E-state index contributed by atoms with van der Waals surface area (Å²) in [6, 6.07) is 5.73. The second-order valence-electron chi connectivity index (χ2n) is 3.98. The van der Waals surface area contributed by atoms with Crippen LogP contribution in [0.1, 0.15) is 11.3 Å². The number of amidine groups is 1. The second kappa shape index (κ2) is 4.97. The quantitative estimate of drug-likeness (QED) is 0.383. The molecule has 100 valence electrons. The van der Waals surface area contributed by atoms with Crippen molar-refractivity contribution in [3.8, 4) is 11.6 Å². The first kappa shape index (κ1) is 12.9. The van der Waals surface area contributed by atoms with E-state index in [1.165, 1.54) is 16.8 Å². The van der Waals surface area contributed by atoms with Gasteiger partial charge in [0, 0.05) is 18.7 Å². The maximum atomic E-state index is 13.8. The van der Waals surface area contributed by atoms with Crippen LogP contribution < -0.4 is 10.5 Å². The highest BCUT2D eigenvalue weighted by Gasteiger charge is 2.11. The Balaban J connectivity index is 2.29. The standard InChI is InChI=1S/C12H13FN4O2/c1-7-5-11(17(2)15-7)19-10-4-3-8(6-9(10)13)12(14)16-18/h3-6,18H,1-2H3,(H2,14,16). The topological polar surface area (TPSA) is 85.7 Å². The summed E-state index contributed by atoms with van der Waals surface area (Å²) in [5, 5.41) is 15.4. The average molecular weight is 264 g/mol. The number of benzene rings is 1. The lowest BCUT2D eigenvalue weighted by atomic mass is 10.2. The fourth-order valence-corrected chi connectivity index (χ4v) is 1.60. The van der Waals surface area contributed by atoms with Crippen LogP contribution in [0.5, 0.6) is 11.6 Å². The molecule has 1 aromatic carbocycles. The Morgan fingerprint density at radius 2 is 2.21 bits per heavy atom. The van der Waals surface area contributed by atoms with E-state index in [1.54, 1.807) is 13.1 Å². The van der Waals surface area contributed by atoms with Crippen LogP contribution >= 0.6 is 0 Å². The summed E-state index contributed by atoms with van der Waals surface area (Å²) in [4.78, 5) is 0. The van der Waals surface area contributed by atoms with E-state index in [-0.39, 0.29) is 17.1 Å². The third kappa shape index (κ3) is 2.65. The average Bonchev–Trinajstić information content (AvgIpc) is 2.69. The van der Waals surface area contributed by atoms with Gasteiger partial charge in [-0.05, 0) is 25.1 Å². The van der Waals surface area contributed by atoms with Gasteiger partial charge in [-0.25, -0.2) is 9.07 Å². The molecule has 1 heterocycles. The zero-order chi connectivity index (χ0) is 14.0. The van der Waals surface area contributed by atoms with Crippen molar-refractivity contribution in [3.63, 3.8) is 0 Å². The van der Waals surface area contributed by atoms with Crippen molar-refractivity contribution in [2.45, 2.75) is 6.92 Å². The van der Waals surface area contributed by atoms with Crippen molar-refractivity contribution in [1.82, 2.24) is 9.78 Å². The van der Waals surface area contributed by atoms with E-state index in [0.717, 1.165) is 11.8 Å². The van der Waals surface area contributed by atoms with Gasteiger partial charge in [0.05, 0.1) is 5.69 Å². The molecule has 1 aromatic heterocycles. The highest BCUT2D eigenvalue weighted by Crippen LogP contribution is 2.25. The van der Waals surface area contributed by atoms with Crippen LogP contribution in [-0.4, -0.2) is 20.8 Å². The molecular formula is C12H13FN4O2. The van der Waals surface area contributed by atoms with Crippen LogP contribution in [-0.2, 0) is 7.05 Å². The van der Waals surface area contributed by atoms with Crippen LogP contribution in [0.2, 0.25) is 0 Å². The van der Waals surface area contributed by atoms with Gasteiger partial charge in [0.2, 0.25) is 5.88 Å². The highest BCUT2D eigenvalue weighted by atomic mass is 19.1. The van der Waals surface area contributed by atoms with E-state index in [4.69, 9.17) is 15.7 Å². The lowest BCUT2D eigenvalue weighted by Gasteiger charge is -2.07. The van der Waals surface area contributed by atoms with E-state index in [0.29, 0.717) is 5.88 Å². The molecule has 0 bridgehead atoms. The van der Waals surface area contributed by atoms with Crippen LogP contribution in [0.25, 0.3) is 0 Å². The maximum Gasteiger partial charge on any atom is 0.217 e. The van der Waals surface area contributed by atoms with Crippen molar-refractivity contribution < 1.29 is 14.3 Å². The van der Waals surface area contributed by atoms with Crippen LogP contribution in [0.3, 0.4) is 0 Å². The first-order valence-electron chi connectivity index (χ1n) is 5.47. The number of hydrogen-bond donors (Lipinski definition) is 2. The molecule has 3 N–H and O–H groups in total. The molecule has 2 aromatic rings. The Morgan fingerprint density at radius 3 is 2.74 bits per heavy atom. The van der Waals surface area contributed by atoms with Gasteiger partial charge in [-0.15, -0.1) is 0 Å². The monoisotopic (exact) mass is 264 g/mol. The van der Waals surface area contributed by atoms with Crippen LogP contribution in [0.15, 0.2) is 29.4 Å². The predicted molar refractivity (Wildman–Crippen MR) is 66.9 cm³/mol. The summed E-state index contributed by atoms with van der Waals surface area (Å²) in [6.45, 7) is 1.81. The molecule has 19 heavy (non-hydrogen) atoms. The number of hydrogen-bond acceptors (Lipinski definition) is 4. The van der Waals surface area contributed by atoms with E-state index >= 15 is 0 Å². The van der Waals surface area contributed by atoms with Crippen molar-refractivity contribution >= 4 is 5.84 Å². The van der Waals surface area contributed by atoms with Gasteiger partial charge >= 0.3 is 0 Å². The van der Waals surface area contributed by atoms with Gasteiger partial charge < -0.3 is 15.7 Å². The number of oxime groups is 1. The molecule has 0 fully saturated rings. The van der Waals surface area contributed by atoms with Crippen LogP contribution in [0.4, 0.5) is 4.39 Å². The maximum absolute atomic E-state index is 13.8. The Kier molecular flexibility index (Phi) is 3.37. The fourth-order valence-electron chi connectivity index (χ4n) is 1.60. The minimum atomic E-state index is -0.608. The molecular weight excluding hydrogens is 251 g/mol. The smallest absolute Gasteiger partial charge is 0.217 e. The highest BCUT2D eigenvalue weighted by molar-refractivity contribution is 5.97. The zero-order valence-electron chi connectivity index (χ0n) is 10.5. The predicted octanol–water partition coefficient (Wildman–Crippen LogP) is 1.75. The van der Waals surface area contributed by atoms with E-state index < -0.39 is 5.82 Å². The molecule has 0 atom stereocenters. The minimum Gasteiger partial charge on any atom is -0.436 e. The van der Waals surface area contributed by atoms with Crippen molar-refractivity contribution in [2.75, 3.05) is 0 Å². The molecule has 0 amide bonds. The zero-order valence-corrected chi connectivity index (χ0v) is 10.5. The fraction of sp³-hybridized carbons (Fsp3) is 0.167. The summed E-state index contributed by atoms with van der Waals surface area (Å²) in [5.74, 6) is -0.310. The van der Waals surface area contributed by atoms with E-state index in [1.807, 2.05) is 6.92 Å². The summed E-state index contributed by atoms with van der Waals surface area (Å²) < 4.78 is 20.7. The Morgan fingerprint density at radius 1 is 1.47 bits per heavy atom. The van der Waals surface area contributed by atoms with E-state index in [9.17, 15) is 4.39 Å². The summed E-state index contributed by atoms with van der Waals surface area (Å²) >= 11 is 0. The molecule has 0 aliphatic rings. The van der Waals surface area contributed by atoms with Crippen molar-refractivity contribution in [2.24, 2.45) is 17.9 Å². The summed E-state index contributed by atoms with van der Waals surface area (Å²) in [5.41, 5.74) is 6.41. The second-order valence-corrected chi connectivity index (χ2v) is 3.98. The minimum absolute atomic E-state index is 0.0393. The third-order valence-corrected chi connectivity index (χ3v) is 2.51. The van der Waals surface area contributed by atoms with Crippen molar-refractivity contribution in [3.05, 3.63) is 41.3 Å². The summed E-state index contributed by atoms with van der Waals surface area (Å²) in [7, 11) is 1.70. The Labute approximate surface area is 108 Å². The van der Waals surface area contributed by atoms with Crippen molar-refractivity contribution in [1.29, 1.82) is 0 Å². The normalized spacial score (nSPS) is 11.6. The number of nitrogens with zero attached hydrogens (tertiary/aromatic N) is 3. The Bertz CT molecular complexity index is 637. The Hall–Kier alpha value is -2.57. The summed E-state index contributed by atoms with van der Waals surface area (Å²) in [6.07, 6.45) is 0. The molecule has 6 nitrogen and oxygen atoms in total. The third-order valence-electron chi connectivity index (χ3n) is 2.51. The number of halogens is 1.